The number of Topliss-reactive ketones (excluding diaryl/α,β-unsaturated/α-hetero) is 1. The van der Waals surface area contributed by atoms with Crippen LogP contribution in [0.25, 0.3) is 0 Å². The van der Waals surface area contributed by atoms with E-state index < -0.39 is 0 Å². The Labute approximate surface area is 152 Å². The molecule has 0 radical (unpaired) electrons. The molecule has 1 N–H and O–H groups in total. The minimum atomic E-state index is -0.0623. The Morgan fingerprint density at radius 3 is 2.24 bits per heavy atom. The maximum absolute atomic E-state index is 13.3. The number of nitrogens with one attached hydrogen (secondary N) is 1. The Kier molecular flexibility index (Phi) is 3.92. The molecule has 2 heteroatoms. The highest BCUT2D eigenvalue weighted by Gasteiger charge is 2.60. The van der Waals surface area contributed by atoms with Crippen molar-refractivity contribution in [3.05, 3.63) is 35.4 Å². The number of hydrogen-bond acceptors (Lipinski definition) is 2. The molecule has 25 heavy (non-hydrogen) atoms. The zero-order valence-corrected chi connectivity index (χ0v) is 16.3. The predicted octanol–water partition coefficient (Wildman–Crippen LogP) is 4.79. The minimum Gasteiger partial charge on any atom is -0.305 e. The molecule has 1 aromatic rings. The Balaban J connectivity index is 1.63. The second kappa shape index (κ2) is 5.67. The van der Waals surface area contributed by atoms with E-state index in [0.29, 0.717) is 12.3 Å². The Morgan fingerprint density at radius 2 is 1.68 bits per heavy atom. The molecular weight excluding hydrogens is 306 g/mol. The lowest BCUT2D eigenvalue weighted by Crippen LogP contribution is -2.58. The molecule has 2 nitrogen and oxygen atoms in total. The Morgan fingerprint density at radius 1 is 1.08 bits per heavy atom. The Bertz CT molecular complexity index is 652. The van der Waals surface area contributed by atoms with Gasteiger partial charge in [-0.25, -0.2) is 0 Å². The van der Waals surface area contributed by atoms with Gasteiger partial charge in [-0.1, -0.05) is 29.8 Å². The molecule has 5 rings (SSSR count). The SMILES string of the molecule is Cc1ccc(C23C[C@H]4C[C@@H](CC(C(=O)CNC(C)(C)C)(C4)C2)C3)cc1. The van der Waals surface area contributed by atoms with Crippen molar-refractivity contribution >= 4 is 5.78 Å². The molecule has 0 heterocycles. The number of benzene rings is 1. The van der Waals surface area contributed by atoms with Crippen molar-refractivity contribution in [3.8, 4) is 0 Å². The molecule has 0 amide bonds. The smallest absolute Gasteiger partial charge is 0.152 e. The van der Waals surface area contributed by atoms with Gasteiger partial charge in [0.1, 0.15) is 0 Å². The fourth-order valence-corrected chi connectivity index (χ4v) is 6.37. The van der Waals surface area contributed by atoms with Gasteiger partial charge in [0.2, 0.25) is 0 Å². The van der Waals surface area contributed by atoms with Gasteiger partial charge in [-0.05, 0) is 89.0 Å². The number of carbonyl (C=O) groups is 1. The predicted molar refractivity (Wildman–Crippen MR) is 103 cm³/mol. The van der Waals surface area contributed by atoms with Crippen LogP contribution in [-0.4, -0.2) is 17.9 Å². The molecule has 4 aliphatic carbocycles. The topological polar surface area (TPSA) is 29.1 Å². The van der Waals surface area contributed by atoms with E-state index >= 15 is 0 Å². The van der Waals surface area contributed by atoms with Crippen LogP contribution in [0.1, 0.15) is 70.4 Å². The van der Waals surface area contributed by atoms with E-state index in [0.717, 1.165) is 31.1 Å². The van der Waals surface area contributed by atoms with E-state index in [1.54, 1.807) is 0 Å². The molecule has 1 aromatic carbocycles. The molecule has 0 spiro atoms. The largest absolute Gasteiger partial charge is 0.305 e. The summed E-state index contributed by atoms with van der Waals surface area (Å²) >= 11 is 0. The third kappa shape index (κ3) is 3.07. The zero-order valence-electron chi connectivity index (χ0n) is 16.3. The number of ketones is 1. The first-order valence-electron chi connectivity index (χ1n) is 10.1. The number of carbonyl (C=O) groups excluding carboxylic acids is 1. The van der Waals surface area contributed by atoms with Crippen LogP contribution in [0, 0.1) is 24.2 Å². The summed E-state index contributed by atoms with van der Waals surface area (Å²) in [6.07, 6.45) is 7.32. The van der Waals surface area contributed by atoms with E-state index in [1.165, 1.54) is 30.4 Å². The summed E-state index contributed by atoms with van der Waals surface area (Å²) in [5, 5.41) is 3.46. The van der Waals surface area contributed by atoms with Crippen LogP contribution in [0.15, 0.2) is 24.3 Å². The lowest BCUT2D eigenvalue weighted by atomic mass is 9.42. The van der Waals surface area contributed by atoms with Crippen molar-refractivity contribution in [3.63, 3.8) is 0 Å². The molecule has 2 atom stereocenters. The summed E-state index contributed by atoms with van der Waals surface area (Å²) in [7, 11) is 0. The summed E-state index contributed by atoms with van der Waals surface area (Å²) < 4.78 is 0. The molecule has 4 fully saturated rings. The second-order valence-electron chi connectivity index (χ2n) is 10.4. The van der Waals surface area contributed by atoms with Gasteiger partial charge in [0.05, 0.1) is 6.54 Å². The van der Waals surface area contributed by atoms with E-state index in [9.17, 15) is 4.79 Å². The second-order valence-corrected chi connectivity index (χ2v) is 10.4. The maximum Gasteiger partial charge on any atom is 0.152 e. The lowest BCUT2D eigenvalue weighted by Gasteiger charge is -2.62. The highest BCUT2D eigenvalue weighted by molar-refractivity contribution is 5.87. The van der Waals surface area contributed by atoms with Gasteiger partial charge >= 0.3 is 0 Å². The van der Waals surface area contributed by atoms with Gasteiger partial charge in [0.15, 0.2) is 5.78 Å². The van der Waals surface area contributed by atoms with Crippen LogP contribution in [0.5, 0.6) is 0 Å². The number of hydrogen-bond donors (Lipinski definition) is 1. The van der Waals surface area contributed by atoms with Gasteiger partial charge in [0.25, 0.3) is 0 Å². The van der Waals surface area contributed by atoms with E-state index in [4.69, 9.17) is 0 Å². The molecular formula is C23H33NO. The van der Waals surface area contributed by atoms with Crippen LogP contribution in [0.4, 0.5) is 0 Å². The van der Waals surface area contributed by atoms with E-state index in [-0.39, 0.29) is 16.4 Å². The van der Waals surface area contributed by atoms with E-state index in [1.807, 2.05) is 0 Å². The van der Waals surface area contributed by atoms with Gasteiger partial charge in [-0.15, -0.1) is 0 Å². The van der Waals surface area contributed by atoms with Gasteiger partial charge < -0.3 is 5.32 Å². The fraction of sp³-hybridized carbons (Fsp3) is 0.696. The van der Waals surface area contributed by atoms with Crippen molar-refractivity contribution < 1.29 is 4.79 Å². The van der Waals surface area contributed by atoms with Crippen LogP contribution < -0.4 is 5.32 Å². The molecule has 0 aromatic heterocycles. The summed E-state index contributed by atoms with van der Waals surface area (Å²) in [6.45, 7) is 9.13. The van der Waals surface area contributed by atoms with Gasteiger partial charge in [-0.2, -0.15) is 0 Å². The first-order valence-corrected chi connectivity index (χ1v) is 10.1. The highest BCUT2D eigenvalue weighted by atomic mass is 16.1. The monoisotopic (exact) mass is 339 g/mol. The highest BCUT2D eigenvalue weighted by Crippen LogP contribution is 2.65. The van der Waals surface area contributed by atoms with Crippen molar-refractivity contribution in [2.75, 3.05) is 6.54 Å². The van der Waals surface area contributed by atoms with Crippen LogP contribution in [0.3, 0.4) is 0 Å². The fourth-order valence-electron chi connectivity index (χ4n) is 6.37. The van der Waals surface area contributed by atoms with Crippen molar-refractivity contribution in [1.29, 1.82) is 0 Å². The van der Waals surface area contributed by atoms with E-state index in [2.05, 4.69) is 57.3 Å². The zero-order chi connectivity index (χ0) is 17.9. The number of rotatable bonds is 4. The van der Waals surface area contributed by atoms with Crippen LogP contribution in [0.2, 0.25) is 0 Å². The van der Waals surface area contributed by atoms with Crippen molar-refractivity contribution in [2.45, 2.75) is 77.2 Å². The summed E-state index contributed by atoms with van der Waals surface area (Å²) in [5.74, 6) is 1.98. The average molecular weight is 340 g/mol. The van der Waals surface area contributed by atoms with Crippen LogP contribution in [-0.2, 0) is 10.2 Å². The van der Waals surface area contributed by atoms with Gasteiger partial charge in [-0.3, -0.25) is 4.79 Å². The molecule has 0 aliphatic heterocycles. The summed E-state index contributed by atoms with van der Waals surface area (Å²) in [4.78, 5) is 13.3. The standard InChI is InChI=1S/C23H33NO/c1-16-5-7-19(8-6-16)22-10-17-9-18(11-22)13-23(12-17,15-22)20(25)14-24-21(2,3)4/h5-8,17-18,24H,9-15H2,1-4H3/t17-,18-,22?,23?/m1/s1. The van der Waals surface area contributed by atoms with Crippen molar-refractivity contribution in [1.82, 2.24) is 5.32 Å². The molecule has 0 saturated heterocycles. The van der Waals surface area contributed by atoms with Crippen LogP contribution >= 0.6 is 0 Å². The molecule has 136 valence electrons. The van der Waals surface area contributed by atoms with Crippen molar-refractivity contribution in [2.24, 2.45) is 17.3 Å². The third-order valence-electron chi connectivity index (χ3n) is 7.10. The maximum atomic E-state index is 13.3. The van der Waals surface area contributed by atoms with Gasteiger partial charge in [0, 0.05) is 11.0 Å². The quantitative estimate of drug-likeness (QED) is 0.854. The summed E-state index contributed by atoms with van der Waals surface area (Å²) in [6, 6.07) is 9.19. The minimum absolute atomic E-state index is 0.00655. The first-order chi connectivity index (χ1) is 11.7. The molecule has 4 bridgehead atoms. The molecule has 0 unspecified atom stereocenters. The third-order valence-corrected chi connectivity index (χ3v) is 7.10. The number of aryl methyl sites for hydroxylation is 1. The normalized spacial score (nSPS) is 36.6. The molecule has 4 saturated carbocycles. The lowest BCUT2D eigenvalue weighted by molar-refractivity contribution is -0.146. The average Bonchev–Trinajstić information content (AvgIpc) is 2.51. The molecule has 4 aliphatic rings. The summed E-state index contributed by atoms with van der Waals surface area (Å²) in [5.41, 5.74) is 3.02. The first kappa shape index (κ1) is 17.3. The Hall–Kier alpha value is -1.15.